The summed E-state index contributed by atoms with van der Waals surface area (Å²) in [5.41, 5.74) is 3.84. The van der Waals surface area contributed by atoms with Crippen LogP contribution in [0.25, 0.3) is 27.9 Å². The van der Waals surface area contributed by atoms with Crippen LogP contribution in [0.2, 0.25) is 0 Å². The number of phenolic OH excluding ortho intramolecular Hbond substituents is 3. The molecule has 150 valence electrons. The van der Waals surface area contributed by atoms with Gasteiger partial charge in [-0.05, 0) is 59.7 Å². The van der Waals surface area contributed by atoms with E-state index in [1.54, 1.807) is 65.2 Å². The van der Waals surface area contributed by atoms with E-state index in [4.69, 9.17) is 4.74 Å². The lowest BCUT2D eigenvalue weighted by molar-refractivity contribution is 0.0592. The highest BCUT2D eigenvalue weighted by Crippen LogP contribution is 2.39. The summed E-state index contributed by atoms with van der Waals surface area (Å²) >= 11 is 0. The molecule has 0 fully saturated rings. The number of hydrogen-bond donors (Lipinski definition) is 3. The molecular weight excluding hydrogens is 382 g/mol. The van der Waals surface area contributed by atoms with Gasteiger partial charge >= 0.3 is 5.97 Å². The van der Waals surface area contributed by atoms with Gasteiger partial charge < -0.3 is 24.6 Å². The van der Waals surface area contributed by atoms with Crippen LogP contribution in [-0.2, 0) is 4.74 Å². The largest absolute Gasteiger partial charge is 0.508 e. The van der Waals surface area contributed by atoms with Crippen LogP contribution in [0.1, 0.15) is 10.5 Å². The lowest BCUT2D eigenvalue weighted by atomic mass is 9.96. The maximum atomic E-state index is 12.9. The fraction of sp³-hybridized carbons (Fsp3) is 0.0417. The number of benzene rings is 3. The SMILES string of the molecule is COC(=O)c1c(-c2ccc(O)cc2)c(-c2ccc(O)cc2)cn1-c1ccc(O)cc1. The Morgan fingerprint density at radius 3 is 1.70 bits per heavy atom. The molecule has 0 bridgehead atoms. The molecule has 1 heterocycles. The Morgan fingerprint density at radius 1 is 0.733 bits per heavy atom. The number of hydrogen-bond acceptors (Lipinski definition) is 5. The molecule has 0 saturated heterocycles. The van der Waals surface area contributed by atoms with Crippen molar-refractivity contribution < 1.29 is 24.9 Å². The predicted octanol–water partition coefficient (Wildman–Crippen LogP) is 4.71. The molecule has 0 spiro atoms. The second kappa shape index (κ2) is 7.67. The molecule has 4 rings (SSSR count). The number of ether oxygens (including phenoxy) is 1. The first kappa shape index (κ1) is 19.1. The van der Waals surface area contributed by atoms with E-state index in [0.717, 1.165) is 11.1 Å². The van der Waals surface area contributed by atoms with E-state index in [1.165, 1.54) is 19.2 Å². The van der Waals surface area contributed by atoms with Gasteiger partial charge in [0.15, 0.2) is 0 Å². The molecular formula is C24H19NO5. The van der Waals surface area contributed by atoms with Crippen LogP contribution in [-0.4, -0.2) is 33.0 Å². The highest BCUT2D eigenvalue weighted by Gasteiger charge is 2.25. The van der Waals surface area contributed by atoms with Crippen molar-refractivity contribution in [2.45, 2.75) is 0 Å². The van der Waals surface area contributed by atoms with Gasteiger partial charge in [0.2, 0.25) is 0 Å². The second-order valence-electron chi connectivity index (χ2n) is 6.74. The molecule has 0 atom stereocenters. The number of aromatic hydroxyl groups is 3. The number of phenols is 3. The first-order valence-electron chi connectivity index (χ1n) is 9.20. The van der Waals surface area contributed by atoms with Crippen LogP contribution >= 0.6 is 0 Å². The van der Waals surface area contributed by atoms with Gasteiger partial charge in [-0.3, -0.25) is 0 Å². The van der Waals surface area contributed by atoms with Gasteiger partial charge in [-0.1, -0.05) is 24.3 Å². The summed E-state index contributed by atoms with van der Waals surface area (Å²) in [5, 5.41) is 29.0. The second-order valence-corrected chi connectivity index (χ2v) is 6.74. The van der Waals surface area contributed by atoms with Crippen LogP contribution in [0.4, 0.5) is 0 Å². The molecule has 0 radical (unpaired) electrons. The van der Waals surface area contributed by atoms with Gasteiger partial charge in [-0.15, -0.1) is 0 Å². The molecule has 30 heavy (non-hydrogen) atoms. The van der Waals surface area contributed by atoms with Crippen LogP contribution in [0.15, 0.2) is 79.0 Å². The average Bonchev–Trinajstić information content (AvgIpc) is 3.15. The minimum absolute atomic E-state index is 0.113. The van der Waals surface area contributed by atoms with Crippen molar-refractivity contribution in [2.75, 3.05) is 7.11 Å². The first-order valence-corrected chi connectivity index (χ1v) is 9.20. The van der Waals surface area contributed by atoms with E-state index in [-0.39, 0.29) is 17.2 Å². The van der Waals surface area contributed by atoms with Crippen molar-refractivity contribution >= 4 is 5.97 Å². The number of nitrogens with zero attached hydrogens (tertiary/aromatic N) is 1. The Bertz CT molecular complexity index is 1190. The monoisotopic (exact) mass is 401 g/mol. The number of carbonyl (C=O) groups is 1. The topological polar surface area (TPSA) is 91.9 Å². The van der Waals surface area contributed by atoms with E-state index in [0.29, 0.717) is 22.5 Å². The highest BCUT2D eigenvalue weighted by atomic mass is 16.5. The van der Waals surface area contributed by atoms with Crippen LogP contribution in [0.3, 0.4) is 0 Å². The fourth-order valence-electron chi connectivity index (χ4n) is 3.40. The summed E-state index contributed by atoms with van der Waals surface area (Å²) in [6.07, 6.45) is 1.81. The number of esters is 1. The van der Waals surface area contributed by atoms with E-state index in [2.05, 4.69) is 0 Å². The van der Waals surface area contributed by atoms with Crippen LogP contribution in [0.5, 0.6) is 17.2 Å². The maximum Gasteiger partial charge on any atom is 0.355 e. The summed E-state index contributed by atoms with van der Waals surface area (Å²) in [7, 11) is 1.32. The molecule has 0 aliphatic carbocycles. The number of methoxy groups -OCH3 is 1. The fourth-order valence-corrected chi connectivity index (χ4v) is 3.40. The maximum absolute atomic E-state index is 12.9. The summed E-state index contributed by atoms with van der Waals surface area (Å²) in [5.74, 6) is -0.169. The standard InChI is InChI=1S/C24H19NO5/c1-30-24(29)23-22(16-4-10-19(27)11-5-16)21(15-2-8-18(26)9-3-15)14-25(23)17-6-12-20(28)13-7-17/h2-14,26-28H,1H3. The summed E-state index contributed by atoms with van der Waals surface area (Å²) in [4.78, 5) is 12.9. The normalized spacial score (nSPS) is 10.7. The number of rotatable bonds is 4. The third-order valence-corrected chi connectivity index (χ3v) is 4.85. The molecule has 0 saturated carbocycles. The Labute approximate surface area is 172 Å². The molecule has 3 N–H and O–H groups in total. The van der Waals surface area contributed by atoms with Crippen LogP contribution < -0.4 is 0 Å². The Hall–Kier alpha value is -4.19. The summed E-state index contributed by atoms with van der Waals surface area (Å²) in [6, 6.07) is 19.7. The molecule has 6 heteroatoms. The van der Waals surface area contributed by atoms with Crippen molar-refractivity contribution in [1.82, 2.24) is 4.57 Å². The zero-order chi connectivity index (χ0) is 21.3. The lowest BCUT2D eigenvalue weighted by Crippen LogP contribution is -2.10. The minimum Gasteiger partial charge on any atom is -0.508 e. The lowest BCUT2D eigenvalue weighted by Gasteiger charge is -2.11. The molecule has 0 amide bonds. The Morgan fingerprint density at radius 2 is 1.20 bits per heavy atom. The van der Waals surface area contributed by atoms with Gasteiger partial charge in [0.1, 0.15) is 22.9 Å². The van der Waals surface area contributed by atoms with Gasteiger partial charge in [-0.25, -0.2) is 4.79 Å². The van der Waals surface area contributed by atoms with Crippen molar-refractivity contribution in [2.24, 2.45) is 0 Å². The quantitative estimate of drug-likeness (QED) is 0.431. The first-order chi connectivity index (χ1) is 14.5. The van der Waals surface area contributed by atoms with E-state index in [1.807, 2.05) is 6.20 Å². The third kappa shape index (κ3) is 3.46. The third-order valence-electron chi connectivity index (χ3n) is 4.85. The zero-order valence-corrected chi connectivity index (χ0v) is 16.1. The minimum atomic E-state index is -0.531. The van der Waals surface area contributed by atoms with E-state index in [9.17, 15) is 20.1 Å². The molecule has 1 aromatic heterocycles. The van der Waals surface area contributed by atoms with Crippen LogP contribution in [0, 0.1) is 0 Å². The molecule has 6 nitrogen and oxygen atoms in total. The smallest absolute Gasteiger partial charge is 0.355 e. The molecule has 4 aromatic rings. The van der Waals surface area contributed by atoms with Crippen molar-refractivity contribution in [3.63, 3.8) is 0 Å². The Balaban J connectivity index is 2.05. The zero-order valence-electron chi connectivity index (χ0n) is 16.1. The van der Waals surface area contributed by atoms with Crippen molar-refractivity contribution in [1.29, 1.82) is 0 Å². The summed E-state index contributed by atoms with van der Waals surface area (Å²) in [6.45, 7) is 0. The van der Waals surface area contributed by atoms with E-state index >= 15 is 0 Å². The van der Waals surface area contributed by atoms with Crippen molar-refractivity contribution in [3.8, 4) is 45.2 Å². The van der Waals surface area contributed by atoms with Gasteiger partial charge in [0.05, 0.1) is 7.11 Å². The average molecular weight is 401 g/mol. The molecule has 0 aliphatic heterocycles. The van der Waals surface area contributed by atoms with E-state index < -0.39 is 5.97 Å². The highest BCUT2D eigenvalue weighted by molar-refractivity contribution is 6.02. The predicted molar refractivity (Wildman–Crippen MR) is 113 cm³/mol. The summed E-state index contributed by atoms with van der Waals surface area (Å²) < 4.78 is 6.78. The van der Waals surface area contributed by atoms with Gasteiger partial charge in [0.25, 0.3) is 0 Å². The van der Waals surface area contributed by atoms with Crippen molar-refractivity contribution in [3.05, 3.63) is 84.7 Å². The Kier molecular flexibility index (Phi) is 4.90. The number of aromatic nitrogens is 1. The van der Waals surface area contributed by atoms with Gasteiger partial charge in [-0.2, -0.15) is 0 Å². The number of carbonyl (C=O) groups excluding carboxylic acids is 1. The molecule has 3 aromatic carbocycles. The molecule has 0 aliphatic rings. The van der Waals surface area contributed by atoms with Gasteiger partial charge in [0, 0.05) is 23.0 Å². The molecule has 0 unspecified atom stereocenters.